The SMILES string of the molecule is CS(=O)(=O)c1cnn(-c2c(Cl)cc(C(F)(F)F)cc2Cl)c1-c1ccc(Cl)c(Cl)c1. The number of aromatic nitrogens is 2. The third-order valence-corrected chi connectivity index (χ3v) is 6.30. The van der Waals surface area contributed by atoms with Gasteiger partial charge >= 0.3 is 6.18 Å². The van der Waals surface area contributed by atoms with E-state index in [1.807, 2.05) is 0 Å². The smallest absolute Gasteiger partial charge is 0.229 e. The van der Waals surface area contributed by atoms with Crippen molar-refractivity contribution in [1.82, 2.24) is 9.78 Å². The van der Waals surface area contributed by atoms with Crippen molar-refractivity contribution in [3.05, 3.63) is 62.2 Å². The lowest BCUT2D eigenvalue weighted by atomic mass is 10.1. The summed E-state index contributed by atoms with van der Waals surface area (Å²) in [5, 5.41) is 3.64. The van der Waals surface area contributed by atoms with Crippen LogP contribution in [0.5, 0.6) is 0 Å². The van der Waals surface area contributed by atoms with E-state index in [1.165, 1.54) is 18.2 Å². The molecule has 12 heteroatoms. The highest BCUT2D eigenvalue weighted by Crippen LogP contribution is 2.40. The van der Waals surface area contributed by atoms with Gasteiger partial charge < -0.3 is 0 Å². The molecule has 4 nitrogen and oxygen atoms in total. The van der Waals surface area contributed by atoms with Crippen molar-refractivity contribution in [2.24, 2.45) is 0 Å². The van der Waals surface area contributed by atoms with Gasteiger partial charge in [-0.25, -0.2) is 13.1 Å². The van der Waals surface area contributed by atoms with Crippen LogP contribution in [0.4, 0.5) is 13.2 Å². The summed E-state index contributed by atoms with van der Waals surface area (Å²) in [7, 11) is -3.77. The van der Waals surface area contributed by atoms with Gasteiger partial charge in [-0.1, -0.05) is 52.5 Å². The Morgan fingerprint density at radius 1 is 0.931 bits per heavy atom. The molecule has 0 aliphatic rings. The maximum atomic E-state index is 13.0. The number of benzene rings is 2. The molecule has 0 aliphatic carbocycles. The van der Waals surface area contributed by atoms with Gasteiger partial charge in [-0.15, -0.1) is 0 Å². The minimum atomic E-state index is -4.67. The predicted molar refractivity (Wildman–Crippen MR) is 107 cm³/mol. The summed E-state index contributed by atoms with van der Waals surface area (Å²) in [4.78, 5) is -0.192. The third-order valence-electron chi connectivity index (χ3n) is 3.88. The molecule has 0 unspecified atom stereocenters. The van der Waals surface area contributed by atoms with Gasteiger partial charge in [0.2, 0.25) is 0 Å². The molecule has 0 radical (unpaired) electrons. The Labute approximate surface area is 183 Å². The lowest BCUT2D eigenvalue weighted by Crippen LogP contribution is -2.08. The minimum absolute atomic E-state index is 0.0228. The molecule has 2 aromatic carbocycles. The van der Waals surface area contributed by atoms with Crippen LogP contribution in [0, 0.1) is 0 Å². The molecule has 0 spiro atoms. The Kier molecular flexibility index (Phi) is 5.88. The van der Waals surface area contributed by atoms with Crippen molar-refractivity contribution in [3.63, 3.8) is 0 Å². The second kappa shape index (κ2) is 7.67. The zero-order valence-corrected chi connectivity index (χ0v) is 18.1. The maximum Gasteiger partial charge on any atom is 0.416 e. The summed E-state index contributed by atoms with van der Waals surface area (Å²) in [6, 6.07) is 5.70. The Hall–Kier alpha value is -1.45. The Balaban J connectivity index is 2.35. The zero-order valence-electron chi connectivity index (χ0n) is 14.2. The number of halogens is 7. The fraction of sp³-hybridized carbons (Fsp3) is 0.118. The van der Waals surface area contributed by atoms with E-state index in [0.29, 0.717) is 17.7 Å². The van der Waals surface area contributed by atoms with Crippen LogP contribution in [0.15, 0.2) is 41.4 Å². The monoisotopic (exact) mass is 502 g/mol. The number of sulfone groups is 1. The second-order valence-electron chi connectivity index (χ2n) is 5.96. The molecule has 3 aromatic rings. The molecule has 1 aromatic heterocycles. The van der Waals surface area contributed by atoms with E-state index in [1.54, 1.807) is 0 Å². The van der Waals surface area contributed by atoms with Crippen molar-refractivity contribution >= 4 is 56.2 Å². The molecule has 0 atom stereocenters. The topological polar surface area (TPSA) is 52.0 Å². The van der Waals surface area contributed by atoms with E-state index in [4.69, 9.17) is 46.4 Å². The van der Waals surface area contributed by atoms with Crippen LogP contribution in [0.1, 0.15) is 5.56 Å². The quantitative estimate of drug-likeness (QED) is 0.406. The average Bonchev–Trinajstić information content (AvgIpc) is 3.01. The summed E-state index contributed by atoms with van der Waals surface area (Å²) in [6.45, 7) is 0. The van der Waals surface area contributed by atoms with E-state index in [-0.39, 0.29) is 36.4 Å². The number of hydrogen-bond donors (Lipinski definition) is 0. The van der Waals surface area contributed by atoms with Crippen LogP contribution in [-0.2, 0) is 16.0 Å². The Morgan fingerprint density at radius 3 is 2.00 bits per heavy atom. The molecule has 29 heavy (non-hydrogen) atoms. The van der Waals surface area contributed by atoms with Gasteiger partial charge in [-0.2, -0.15) is 18.3 Å². The third kappa shape index (κ3) is 4.36. The molecule has 0 N–H and O–H groups in total. The first kappa shape index (κ1) is 22.2. The number of rotatable bonds is 3. The normalized spacial score (nSPS) is 12.4. The first-order chi connectivity index (χ1) is 13.3. The van der Waals surface area contributed by atoms with Gasteiger partial charge in [-0.3, -0.25) is 0 Å². The van der Waals surface area contributed by atoms with E-state index >= 15 is 0 Å². The Morgan fingerprint density at radius 2 is 1.52 bits per heavy atom. The van der Waals surface area contributed by atoms with Crippen LogP contribution < -0.4 is 0 Å². The fourth-order valence-electron chi connectivity index (χ4n) is 2.61. The van der Waals surface area contributed by atoms with Crippen LogP contribution in [0.3, 0.4) is 0 Å². The second-order valence-corrected chi connectivity index (χ2v) is 9.57. The van der Waals surface area contributed by atoms with Gasteiger partial charge in [0.05, 0.1) is 37.5 Å². The highest BCUT2D eigenvalue weighted by Gasteiger charge is 2.33. The first-order valence-electron chi connectivity index (χ1n) is 7.61. The lowest BCUT2D eigenvalue weighted by molar-refractivity contribution is -0.137. The van der Waals surface area contributed by atoms with Crippen LogP contribution in [0.2, 0.25) is 20.1 Å². The molecule has 0 fully saturated rings. The highest BCUT2D eigenvalue weighted by molar-refractivity contribution is 7.90. The van der Waals surface area contributed by atoms with E-state index in [0.717, 1.165) is 17.1 Å². The summed E-state index contributed by atoms with van der Waals surface area (Å²) >= 11 is 24.1. The van der Waals surface area contributed by atoms with Crippen molar-refractivity contribution < 1.29 is 21.6 Å². The first-order valence-corrected chi connectivity index (χ1v) is 11.0. The van der Waals surface area contributed by atoms with Gasteiger partial charge in [0.1, 0.15) is 10.6 Å². The molecule has 0 amide bonds. The van der Waals surface area contributed by atoms with Crippen molar-refractivity contribution in [2.45, 2.75) is 11.1 Å². The summed E-state index contributed by atoms with van der Waals surface area (Å²) in [6.07, 6.45) is -2.65. The number of nitrogens with zero attached hydrogens (tertiary/aromatic N) is 2. The average molecular weight is 504 g/mol. The van der Waals surface area contributed by atoms with Crippen molar-refractivity contribution in [1.29, 1.82) is 0 Å². The predicted octanol–water partition coefficient (Wildman–Crippen LogP) is 6.58. The van der Waals surface area contributed by atoms with E-state index in [2.05, 4.69) is 5.10 Å². The summed E-state index contributed by atoms with van der Waals surface area (Å²) in [5.74, 6) is 0. The van der Waals surface area contributed by atoms with Crippen LogP contribution in [0.25, 0.3) is 16.9 Å². The van der Waals surface area contributed by atoms with Gasteiger partial charge in [0.25, 0.3) is 0 Å². The molecule has 0 saturated carbocycles. The van der Waals surface area contributed by atoms with Gasteiger partial charge in [0, 0.05) is 11.8 Å². The molecule has 0 saturated heterocycles. The standard InChI is InChI=1S/C17H9Cl4F3N2O2S/c1-29(27,28)14-7-25-26(15(14)8-2-3-10(18)11(19)4-8)16-12(20)5-9(6-13(16)21)17(22,23)24/h2-7H,1H3. The van der Waals surface area contributed by atoms with Crippen LogP contribution in [-0.4, -0.2) is 24.5 Å². The molecular formula is C17H9Cl4F3N2O2S. The van der Waals surface area contributed by atoms with E-state index < -0.39 is 21.6 Å². The summed E-state index contributed by atoms with van der Waals surface area (Å²) < 4.78 is 64.6. The lowest BCUT2D eigenvalue weighted by Gasteiger charge is -2.15. The molecule has 154 valence electrons. The molecule has 0 bridgehead atoms. The molecule has 3 rings (SSSR count). The molecular weight excluding hydrogens is 495 g/mol. The number of hydrogen-bond acceptors (Lipinski definition) is 3. The van der Waals surface area contributed by atoms with E-state index in [9.17, 15) is 21.6 Å². The fourth-order valence-corrected chi connectivity index (χ4v) is 4.35. The van der Waals surface area contributed by atoms with Crippen molar-refractivity contribution in [2.75, 3.05) is 6.26 Å². The van der Waals surface area contributed by atoms with Gasteiger partial charge in [0.15, 0.2) is 9.84 Å². The summed E-state index contributed by atoms with van der Waals surface area (Å²) in [5.41, 5.74) is -0.848. The van der Waals surface area contributed by atoms with Gasteiger partial charge in [-0.05, 0) is 24.3 Å². The van der Waals surface area contributed by atoms with Crippen LogP contribution >= 0.6 is 46.4 Å². The largest absolute Gasteiger partial charge is 0.416 e. The Bertz CT molecular complexity index is 1200. The minimum Gasteiger partial charge on any atom is -0.229 e. The molecule has 0 aliphatic heterocycles. The zero-order chi connectivity index (χ0) is 21.7. The highest BCUT2D eigenvalue weighted by atomic mass is 35.5. The molecule has 1 heterocycles. The van der Waals surface area contributed by atoms with Crippen molar-refractivity contribution in [3.8, 4) is 16.9 Å². The number of alkyl halides is 3. The maximum absolute atomic E-state index is 13.0.